The number of nitrogens with zero attached hydrogens (tertiary/aromatic N) is 4. The second kappa shape index (κ2) is 11.8. The molecular weight excluding hydrogens is 452 g/mol. The van der Waals surface area contributed by atoms with Crippen molar-refractivity contribution in [3.8, 4) is 0 Å². The zero-order valence-electron chi connectivity index (χ0n) is 21.3. The number of benzene rings is 2. The number of aryl methyl sites for hydroxylation is 2. The molecule has 1 aliphatic rings. The lowest BCUT2D eigenvalue weighted by atomic mass is 10.1. The van der Waals surface area contributed by atoms with E-state index in [0.29, 0.717) is 19.6 Å². The van der Waals surface area contributed by atoms with Gasteiger partial charge in [-0.05, 0) is 38.0 Å². The molecule has 7 heteroatoms. The van der Waals surface area contributed by atoms with Gasteiger partial charge >= 0.3 is 5.97 Å². The van der Waals surface area contributed by atoms with Crippen molar-refractivity contribution in [3.05, 3.63) is 94.3 Å². The van der Waals surface area contributed by atoms with Gasteiger partial charge in [-0.15, -0.1) is 0 Å². The Labute approximate surface area is 213 Å². The van der Waals surface area contributed by atoms with Crippen molar-refractivity contribution in [2.45, 2.75) is 33.9 Å². The summed E-state index contributed by atoms with van der Waals surface area (Å²) >= 11 is 0. The Morgan fingerprint density at radius 2 is 1.56 bits per heavy atom. The number of esters is 1. The SMILES string of the molecule is Cc1ccc(Cn2nc(C)c(/C=C/C(=O)OCC(=O)N3CCN(Cc4ccccc4)CC3)c2C)cc1. The summed E-state index contributed by atoms with van der Waals surface area (Å²) in [6, 6.07) is 18.7. The fourth-order valence-electron chi connectivity index (χ4n) is 4.39. The van der Waals surface area contributed by atoms with Gasteiger partial charge in [-0.2, -0.15) is 5.10 Å². The van der Waals surface area contributed by atoms with E-state index in [9.17, 15) is 9.59 Å². The van der Waals surface area contributed by atoms with Crippen LogP contribution in [0.2, 0.25) is 0 Å². The minimum Gasteiger partial charge on any atom is -0.452 e. The summed E-state index contributed by atoms with van der Waals surface area (Å²) < 4.78 is 7.17. The van der Waals surface area contributed by atoms with E-state index in [1.807, 2.05) is 36.7 Å². The Hall–Kier alpha value is -3.71. The van der Waals surface area contributed by atoms with Crippen LogP contribution >= 0.6 is 0 Å². The third kappa shape index (κ3) is 6.70. The van der Waals surface area contributed by atoms with Crippen LogP contribution in [0.1, 0.15) is 33.6 Å². The second-order valence-corrected chi connectivity index (χ2v) is 9.31. The topological polar surface area (TPSA) is 67.7 Å². The molecule has 0 atom stereocenters. The molecule has 0 aliphatic carbocycles. The van der Waals surface area contributed by atoms with Gasteiger partial charge in [0, 0.05) is 50.1 Å². The summed E-state index contributed by atoms with van der Waals surface area (Å²) in [5.41, 5.74) is 6.36. The molecule has 0 N–H and O–H groups in total. The number of ether oxygens (including phenoxy) is 1. The minimum absolute atomic E-state index is 0.158. The average Bonchev–Trinajstić information content (AvgIpc) is 3.15. The van der Waals surface area contributed by atoms with E-state index in [2.05, 4.69) is 53.3 Å². The molecule has 188 valence electrons. The Kier molecular flexibility index (Phi) is 8.33. The summed E-state index contributed by atoms with van der Waals surface area (Å²) in [4.78, 5) is 28.9. The molecule has 0 saturated carbocycles. The van der Waals surface area contributed by atoms with E-state index in [1.165, 1.54) is 22.8 Å². The molecule has 1 fully saturated rings. The number of aromatic nitrogens is 2. The Morgan fingerprint density at radius 1 is 0.889 bits per heavy atom. The highest BCUT2D eigenvalue weighted by molar-refractivity contribution is 5.89. The lowest BCUT2D eigenvalue weighted by Gasteiger charge is -2.34. The van der Waals surface area contributed by atoms with Gasteiger partial charge in [0.2, 0.25) is 0 Å². The molecule has 1 aliphatic heterocycles. The van der Waals surface area contributed by atoms with Crippen LogP contribution in [0, 0.1) is 20.8 Å². The van der Waals surface area contributed by atoms with Gasteiger partial charge in [0.25, 0.3) is 5.91 Å². The van der Waals surface area contributed by atoms with Crippen LogP contribution in [-0.4, -0.2) is 64.2 Å². The van der Waals surface area contributed by atoms with Crippen molar-refractivity contribution < 1.29 is 14.3 Å². The van der Waals surface area contributed by atoms with Crippen LogP contribution in [-0.2, 0) is 27.4 Å². The largest absolute Gasteiger partial charge is 0.452 e. The van der Waals surface area contributed by atoms with Gasteiger partial charge in [0.15, 0.2) is 6.61 Å². The molecule has 1 amide bonds. The molecule has 2 heterocycles. The van der Waals surface area contributed by atoms with E-state index in [1.54, 1.807) is 11.0 Å². The predicted molar refractivity (Wildman–Crippen MR) is 140 cm³/mol. The second-order valence-electron chi connectivity index (χ2n) is 9.31. The quantitative estimate of drug-likeness (QED) is 0.358. The monoisotopic (exact) mass is 486 g/mol. The number of hydrogen-bond acceptors (Lipinski definition) is 5. The highest BCUT2D eigenvalue weighted by atomic mass is 16.5. The lowest BCUT2D eigenvalue weighted by Crippen LogP contribution is -2.49. The third-order valence-corrected chi connectivity index (χ3v) is 6.59. The van der Waals surface area contributed by atoms with Crippen LogP contribution in [0.5, 0.6) is 0 Å². The summed E-state index contributed by atoms with van der Waals surface area (Å²) in [5, 5.41) is 4.62. The number of rotatable bonds is 8. The van der Waals surface area contributed by atoms with Crippen LogP contribution in [0.15, 0.2) is 60.7 Å². The first-order valence-corrected chi connectivity index (χ1v) is 12.4. The maximum atomic E-state index is 12.5. The normalized spacial score (nSPS) is 14.4. The number of piperazine rings is 1. The van der Waals surface area contributed by atoms with Crippen molar-refractivity contribution in [1.82, 2.24) is 19.6 Å². The van der Waals surface area contributed by atoms with Gasteiger partial charge in [-0.25, -0.2) is 4.79 Å². The van der Waals surface area contributed by atoms with Gasteiger partial charge in [0.1, 0.15) is 0 Å². The van der Waals surface area contributed by atoms with E-state index in [-0.39, 0.29) is 12.5 Å². The Bertz CT molecular complexity index is 1210. The molecule has 0 bridgehead atoms. The highest BCUT2D eigenvalue weighted by Crippen LogP contribution is 2.17. The van der Waals surface area contributed by atoms with E-state index >= 15 is 0 Å². The smallest absolute Gasteiger partial charge is 0.331 e. The zero-order valence-corrected chi connectivity index (χ0v) is 21.3. The van der Waals surface area contributed by atoms with Gasteiger partial charge in [0.05, 0.1) is 12.2 Å². The maximum absolute atomic E-state index is 12.5. The summed E-state index contributed by atoms with van der Waals surface area (Å²) in [5.74, 6) is -0.689. The molecule has 3 aromatic rings. The van der Waals surface area contributed by atoms with Crippen molar-refractivity contribution >= 4 is 18.0 Å². The Balaban J connectivity index is 1.24. The van der Waals surface area contributed by atoms with Crippen LogP contribution in [0.3, 0.4) is 0 Å². The molecule has 0 unspecified atom stereocenters. The first-order chi connectivity index (χ1) is 17.4. The summed E-state index contributed by atoms with van der Waals surface area (Å²) in [6.07, 6.45) is 3.09. The molecule has 36 heavy (non-hydrogen) atoms. The molecule has 1 aromatic heterocycles. The molecule has 0 spiro atoms. The standard InChI is InChI=1S/C29H34N4O3/c1-22-9-11-26(12-10-22)20-33-24(3)27(23(2)30-33)13-14-29(35)36-21-28(34)32-17-15-31(16-18-32)19-25-7-5-4-6-8-25/h4-14H,15-21H2,1-3H3/b14-13+. The molecule has 7 nitrogen and oxygen atoms in total. The third-order valence-electron chi connectivity index (χ3n) is 6.59. The van der Waals surface area contributed by atoms with Crippen molar-refractivity contribution in [2.75, 3.05) is 32.8 Å². The summed E-state index contributed by atoms with van der Waals surface area (Å²) in [7, 11) is 0. The van der Waals surface area contributed by atoms with E-state index in [4.69, 9.17) is 4.74 Å². The van der Waals surface area contributed by atoms with E-state index < -0.39 is 5.97 Å². The lowest BCUT2D eigenvalue weighted by molar-refractivity contribution is -0.149. The fourth-order valence-corrected chi connectivity index (χ4v) is 4.39. The zero-order chi connectivity index (χ0) is 25.5. The van der Waals surface area contributed by atoms with Crippen LogP contribution < -0.4 is 0 Å². The first kappa shape index (κ1) is 25.4. The minimum atomic E-state index is -0.531. The van der Waals surface area contributed by atoms with Crippen LogP contribution in [0.4, 0.5) is 0 Å². The highest BCUT2D eigenvalue weighted by Gasteiger charge is 2.22. The number of carbonyl (C=O) groups excluding carboxylic acids is 2. The average molecular weight is 487 g/mol. The van der Waals surface area contributed by atoms with Crippen LogP contribution in [0.25, 0.3) is 6.08 Å². The maximum Gasteiger partial charge on any atom is 0.331 e. The van der Waals surface area contributed by atoms with Crippen molar-refractivity contribution in [3.63, 3.8) is 0 Å². The fraction of sp³-hybridized carbons (Fsp3) is 0.345. The summed E-state index contributed by atoms with van der Waals surface area (Å²) in [6.45, 7) is 10.2. The molecule has 4 rings (SSSR count). The van der Waals surface area contributed by atoms with Crippen molar-refractivity contribution in [2.24, 2.45) is 0 Å². The first-order valence-electron chi connectivity index (χ1n) is 12.4. The number of hydrogen-bond donors (Lipinski definition) is 0. The number of amides is 1. The van der Waals surface area contributed by atoms with Gasteiger partial charge in [-0.1, -0.05) is 60.2 Å². The molecule has 2 aromatic carbocycles. The van der Waals surface area contributed by atoms with E-state index in [0.717, 1.165) is 36.6 Å². The van der Waals surface area contributed by atoms with Gasteiger partial charge in [-0.3, -0.25) is 14.4 Å². The van der Waals surface area contributed by atoms with Gasteiger partial charge < -0.3 is 9.64 Å². The molecule has 0 radical (unpaired) electrons. The molecular formula is C29H34N4O3. The van der Waals surface area contributed by atoms with Crippen molar-refractivity contribution in [1.29, 1.82) is 0 Å². The predicted octanol–water partition coefficient (Wildman–Crippen LogP) is 3.76. The Morgan fingerprint density at radius 3 is 2.25 bits per heavy atom. The molecule has 1 saturated heterocycles. The number of carbonyl (C=O) groups is 2.